The van der Waals surface area contributed by atoms with Gasteiger partial charge in [-0.3, -0.25) is 0 Å². The fourth-order valence-corrected chi connectivity index (χ4v) is 1.67. The Morgan fingerprint density at radius 2 is 2.06 bits per heavy atom. The molecule has 2 N–H and O–H groups in total. The minimum atomic E-state index is -0.970. The third-order valence-electron chi connectivity index (χ3n) is 2.20. The highest BCUT2D eigenvalue weighted by atomic mass is 16.6. The molecule has 1 unspecified atom stereocenters. The molecular formula is C11H21NO4. The molecule has 0 saturated carbocycles. The molecule has 5 nitrogen and oxygen atoms in total. The van der Waals surface area contributed by atoms with Crippen molar-refractivity contribution in [1.82, 2.24) is 5.32 Å². The van der Waals surface area contributed by atoms with E-state index in [0.717, 1.165) is 0 Å². The molecule has 1 heterocycles. The van der Waals surface area contributed by atoms with Gasteiger partial charge in [-0.05, 0) is 34.6 Å². The van der Waals surface area contributed by atoms with Crippen molar-refractivity contribution in [2.24, 2.45) is 0 Å². The van der Waals surface area contributed by atoms with E-state index < -0.39 is 29.6 Å². The summed E-state index contributed by atoms with van der Waals surface area (Å²) in [5.41, 5.74) is -0.955. The fraction of sp³-hybridized carbons (Fsp3) is 0.909. The summed E-state index contributed by atoms with van der Waals surface area (Å²) in [6.07, 6.45) is -0.937. The van der Waals surface area contributed by atoms with Crippen LogP contribution in [-0.4, -0.2) is 34.7 Å². The van der Waals surface area contributed by atoms with E-state index in [9.17, 15) is 9.90 Å². The molecule has 1 aliphatic heterocycles. The molecule has 1 amide bonds. The molecule has 0 aromatic carbocycles. The van der Waals surface area contributed by atoms with Crippen LogP contribution in [0.5, 0.6) is 0 Å². The number of amides is 1. The van der Waals surface area contributed by atoms with E-state index in [1.54, 1.807) is 20.8 Å². The van der Waals surface area contributed by atoms with Gasteiger partial charge in [-0.25, -0.2) is 4.79 Å². The Bertz CT molecular complexity index is 270. The van der Waals surface area contributed by atoms with Crippen molar-refractivity contribution in [1.29, 1.82) is 0 Å². The molecule has 0 aliphatic carbocycles. The van der Waals surface area contributed by atoms with Crippen molar-refractivity contribution < 1.29 is 19.4 Å². The molecule has 16 heavy (non-hydrogen) atoms. The number of aliphatic hydroxyl groups is 1. The van der Waals surface area contributed by atoms with Crippen LogP contribution in [0, 0.1) is 0 Å². The molecule has 94 valence electrons. The first-order valence-electron chi connectivity index (χ1n) is 5.44. The molecule has 1 aliphatic rings. The van der Waals surface area contributed by atoms with Gasteiger partial charge in [0.1, 0.15) is 5.60 Å². The Labute approximate surface area is 96.1 Å². The van der Waals surface area contributed by atoms with Gasteiger partial charge in [-0.2, -0.15) is 0 Å². The van der Waals surface area contributed by atoms with Crippen molar-refractivity contribution in [2.75, 3.05) is 0 Å². The average Bonchev–Trinajstić information content (AvgIpc) is 2.19. The Kier molecular flexibility index (Phi) is 3.50. The summed E-state index contributed by atoms with van der Waals surface area (Å²) in [5.74, 6) is 0. The number of carbonyl (C=O) groups excluding carboxylic acids is 1. The van der Waals surface area contributed by atoms with Crippen molar-refractivity contribution in [3.63, 3.8) is 0 Å². The first-order valence-corrected chi connectivity index (χ1v) is 5.44. The predicted octanol–water partition coefficient (Wildman–Crippen LogP) is 1.40. The first-order chi connectivity index (χ1) is 7.09. The molecule has 0 spiro atoms. The normalized spacial score (nSPS) is 28.9. The minimum Gasteiger partial charge on any atom is -0.444 e. The van der Waals surface area contributed by atoms with Crippen LogP contribution < -0.4 is 5.32 Å². The molecule has 5 heteroatoms. The molecule has 1 fully saturated rings. The number of hydrogen-bond acceptors (Lipinski definition) is 4. The van der Waals surface area contributed by atoms with Crippen molar-refractivity contribution in [3.8, 4) is 0 Å². The Balaban J connectivity index is 2.47. The van der Waals surface area contributed by atoms with Crippen LogP contribution in [0.25, 0.3) is 0 Å². The molecule has 0 aromatic heterocycles. The van der Waals surface area contributed by atoms with Crippen molar-refractivity contribution in [3.05, 3.63) is 0 Å². The summed E-state index contributed by atoms with van der Waals surface area (Å²) in [7, 11) is 0. The van der Waals surface area contributed by atoms with Gasteiger partial charge in [0.25, 0.3) is 0 Å². The van der Waals surface area contributed by atoms with Crippen LogP contribution in [0.1, 0.15) is 41.0 Å². The quantitative estimate of drug-likeness (QED) is 0.715. The van der Waals surface area contributed by atoms with Gasteiger partial charge in [0.2, 0.25) is 0 Å². The number of ether oxygens (including phenoxy) is 2. The van der Waals surface area contributed by atoms with Gasteiger partial charge >= 0.3 is 6.09 Å². The maximum Gasteiger partial charge on any atom is 0.408 e. The topological polar surface area (TPSA) is 67.8 Å². The lowest BCUT2D eigenvalue weighted by Gasteiger charge is -2.22. The van der Waals surface area contributed by atoms with Crippen LogP contribution in [-0.2, 0) is 9.47 Å². The summed E-state index contributed by atoms with van der Waals surface area (Å²) in [6, 6.07) is -0.412. The maximum atomic E-state index is 11.5. The maximum absolute atomic E-state index is 11.5. The first kappa shape index (κ1) is 13.3. The molecule has 0 bridgehead atoms. The number of hydrogen-bond donors (Lipinski definition) is 2. The Morgan fingerprint density at radius 3 is 2.44 bits per heavy atom. The second-order valence-corrected chi connectivity index (χ2v) is 5.72. The standard InChI is InChI=1S/C11H21NO4/c1-10(2,3)16-9(14)12-7-6-11(4,5)15-8(7)13/h7-8,13H,6H2,1-5H3,(H,12,14)/t7-,8?/m0/s1. The van der Waals surface area contributed by atoms with E-state index in [0.29, 0.717) is 6.42 Å². The zero-order chi connectivity index (χ0) is 12.6. The second-order valence-electron chi connectivity index (χ2n) is 5.72. The predicted molar refractivity (Wildman–Crippen MR) is 58.9 cm³/mol. The number of aliphatic hydroxyl groups excluding tert-OH is 1. The smallest absolute Gasteiger partial charge is 0.408 e. The number of alkyl carbamates (subject to hydrolysis) is 1. The van der Waals surface area contributed by atoms with E-state index in [4.69, 9.17) is 9.47 Å². The summed E-state index contributed by atoms with van der Waals surface area (Å²) < 4.78 is 10.4. The van der Waals surface area contributed by atoms with Gasteiger partial charge in [0.05, 0.1) is 11.6 Å². The zero-order valence-corrected chi connectivity index (χ0v) is 10.5. The fourth-order valence-electron chi connectivity index (χ4n) is 1.67. The van der Waals surface area contributed by atoms with Gasteiger partial charge in [0.15, 0.2) is 6.29 Å². The van der Waals surface area contributed by atoms with Gasteiger partial charge < -0.3 is 19.9 Å². The Morgan fingerprint density at radius 1 is 1.50 bits per heavy atom. The number of carbonyl (C=O) groups is 1. The van der Waals surface area contributed by atoms with Crippen LogP contribution in [0.3, 0.4) is 0 Å². The van der Waals surface area contributed by atoms with E-state index >= 15 is 0 Å². The third kappa shape index (κ3) is 3.98. The van der Waals surface area contributed by atoms with E-state index in [1.165, 1.54) is 0 Å². The molecule has 0 radical (unpaired) electrons. The van der Waals surface area contributed by atoms with Crippen molar-refractivity contribution >= 4 is 6.09 Å². The number of nitrogens with one attached hydrogen (secondary N) is 1. The van der Waals surface area contributed by atoms with E-state index in [-0.39, 0.29) is 0 Å². The third-order valence-corrected chi connectivity index (χ3v) is 2.20. The van der Waals surface area contributed by atoms with Crippen LogP contribution in [0.15, 0.2) is 0 Å². The Hall–Kier alpha value is -0.810. The average molecular weight is 231 g/mol. The van der Waals surface area contributed by atoms with Gasteiger partial charge in [-0.15, -0.1) is 0 Å². The summed E-state index contributed by atoms with van der Waals surface area (Å²) in [6.45, 7) is 9.11. The monoisotopic (exact) mass is 231 g/mol. The van der Waals surface area contributed by atoms with E-state index in [2.05, 4.69) is 5.32 Å². The molecule has 1 saturated heterocycles. The highest BCUT2D eigenvalue weighted by Gasteiger charge is 2.40. The van der Waals surface area contributed by atoms with Crippen LogP contribution >= 0.6 is 0 Å². The van der Waals surface area contributed by atoms with Gasteiger partial charge in [0, 0.05) is 6.42 Å². The largest absolute Gasteiger partial charge is 0.444 e. The molecule has 1 rings (SSSR count). The highest BCUT2D eigenvalue weighted by molar-refractivity contribution is 5.68. The lowest BCUT2D eigenvalue weighted by Crippen LogP contribution is -2.43. The molecule has 0 aromatic rings. The highest BCUT2D eigenvalue weighted by Crippen LogP contribution is 2.28. The number of rotatable bonds is 1. The second kappa shape index (κ2) is 4.22. The zero-order valence-electron chi connectivity index (χ0n) is 10.5. The SMILES string of the molecule is CC(C)(C)OC(=O)N[C@H]1CC(C)(C)OC1O. The van der Waals surface area contributed by atoms with Gasteiger partial charge in [-0.1, -0.05) is 0 Å². The molecule has 2 atom stereocenters. The lowest BCUT2D eigenvalue weighted by atomic mass is 10.0. The van der Waals surface area contributed by atoms with E-state index in [1.807, 2.05) is 13.8 Å². The summed E-state index contributed by atoms with van der Waals surface area (Å²) >= 11 is 0. The van der Waals surface area contributed by atoms with Crippen molar-refractivity contribution in [2.45, 2.75) is 64.6 Å². The summed E-state index contributed by atoms with van der Waals surface area (Å²) in [4.78, 5) is 11.5. The van der Waals surface area contributed by atoms with Crippen LogP contribution in [0.2, 0.25) is 0 Å². The van der Waals surface area contributed by atoms with Crippen LogP contribution in [0.4, 0.5) is 4.79 Å². The minimum absolute atomic E-state index is 0.412. The molecular weight excluding hydrogens is 210 g/mol. The summed E-state index contributed by atoms with van der Waals surface area (Å²) in [5, 5.41) is 12.2. The lowest BCUT2D eigenvalue weighted by molar-refractivity contribution is -0.129.